The fourth-order valence-electron chi connectivity index (χ4n) is 14.4. The maximum absolute atomic E-state index is 14.9. The van der Waals surface area contributed by atoms with Gasteiger partial charge in [0.15, 0.2) is 0 Å². The van der Waals surface area contributed by atoms with Crippen molar-refractivity contribution < 1.29 is 70.7 Å². The Kier molecular flexibility index (Phi) is 30.3. The van der Waals surface area contributed by atoms with E-state index in [0.29, 0.717) is 63.6 Å². The number of rotatable bonds is 12. The fourth-order valence-corrected chi connectivity index (χ4v) is 14.7. The van der Waals surface area contributed by atoms with Crippen molar-refractivity contribution in [3.63, 3.8) is 0 Å². The zero-order valence-electron chi connectivity index (χ0n) is 60.4. The van der Waals surface area contributed by atoms with E-state index < -0.39 is 167 Å². The number of hydrogen-bond donors (Lipinski definition) is 3. The first-order valence-electron chi connectivity index (χ1n) is 35.9. The van der Waals surface area contributed by atoms with Gasteiger partial charge in [-0.3, -0.25) is 57.5 Å². The van der Waals surface area contributed by atoms with E-state index in [9.17, 15) is 70.7 Å². The number of benzene rings is 1. The number of carbonyl (C=O) groups is 12. The minimum Gasteiger partial charge on any atom is -0.354 e. The molecule has 4 saturated heterocycles. The molecule has 1 aromatic carbocycles. The van der Waals surface area contributed by atoms with Crippen molar-refractivity contribution in [1.82, 2.24) is 60.0 Å². The van der Waals surface area contributed by atoms with Crippen LogP contribution in [0.25, 0.3) is 0 Å². The molecular formula is C71H110ClF3N12O12. The van der Waals surface area contributed by atoms with Gasteiger partial charge in [-0.2, -0.15) is 13.2 Å². The molecule has 554 valence electrons. The molecule has 5 aliphatic rings. The number of likely N-dealkylation sites (N-methyl/N-ethyl adjacent to an activating group) is 6. The van der Waals surface area contributed by atoms with Gasteiger partial charge in [0.1, 0.15) is 54.4 Å². The summed E-state index contributed by atoms with van der Waals surface area (Å²) < 4.78 is 41.3. The molecule has 99 heavy (non-hydrogen) atoms. The van der Waals surface area contributed by atoms with Gasteiger partial charge in [0.25, 0.3) is 0 Å². The first-order valence-corrected chi connectivity index (χ1v) is 36.3. The lowest BCUT2D eigenvalue weighted by Crippen LogP contribution is -2.65. The fraction of sp³-hybridized carbons (Fsp3) is 0.746. The quantitative estimate of drug-likeness (QED) is 0.217. The zero-order chi connectivity index (χ0) is 73.3. The van der Waals surface area contributed by atoms with E-state index in [1.54, 1.807) is 25.7 Å². The lowest BCUT2D eigenvalue weighted by Gasteiger charge is -2.45. The minimum atomic E-state index is -4.74. The maximum atomic E-state index is 14.9. The van der Waals surface area contributed by atoms with Crippen molar-refractivity contribution in [3.8, 4) is 0 Å². The summed E-state index contributed by atoms with van der Waals surface area (Å²) in [6, 6.07) is -7.19. The lowest BCUT2D eigenvalue weighted by atomic mass is 9.84. The van der Waals surface area contributed by atoms with Crippen LogP contribution in [0.3, 0.4) is 0 Å². The van der Waals surface area contributed by atoms with E-state index in [4.69, 9.17) is 11.6 Å². The molecule has 10 atom stereocenters. The standard InChI is InChI=1S/C71H110ClF3N12O12/c1-13-15-27-52-63(92)78-60(45(5)14-2)69(98)80(8)46(6)64(93)87-39-34-54(87)67(96)82(10)55(41-47-25-18-16-19-26-47)66(95)79(7)43-57(88)77-51(33-31-48-30-32-49(50(72)40-48)71(73,74)75)65(94)86-38-24-28-53(86)62(91)76-35-21-20-29-58(89)84(12)61(44(3)4)70(99)83(11)56(42-59(90)81(52)9)68(97)85-36-22-17-23-37-85/h30,32,40,44-47,51-56,60-61H,13-29,31,33-39,41-43H2,1-12H3,(H,76,91)(H,77,88)(H,78,92)/t45-,46-,51-,52-,53-,54-,55-,56-,60-,61-/m0/s1. The highest BCUT2D eigenvalue weighted by atomic mass is 35.5. The van der Waals surface area contributed by atoms with Crippen molar-refractivity contribution >= 4 is 82.5 Å². The number of unbranched alkanes of at least 4 members (excludes halogenated alkanes) is 1. The number of nitrogens with one attached hydrogen (secondary N) is 3. The summed E-state index contributed by atoms with van der Waals surface area (Å²) in [6.07, 6.45) is 4.69. The molecule has 6 rings (SSSR count). The second-order valence-electron chi connectivity index (χ2n) is 28.6. The third kappa shape index (κ3) is 20.8. The third-order valence-corrected chi connectivity index (χ3v) is 21.6. The van der Waals surface area contributed by atoms with Gasteiger partial charge >= 0.3 is 6.18 Å². The predicted octanol–water partition coefficient (Wildman–Crippen LogP) is 6.03. The van der Waals surface area contributed by atoms with Gasteiger partial charge < -0.3 is 60.0 Å². The van der Waals surface area contributed by atoms with E-state index >= 15 is 0 Å². The maximum Gasteiger partial charge on any atom is 0.417 e. The van der Waals surface area contributed by atoms with Crippen molar-refractivity contribution in [2.24, 2.45) is 17.8 Å². The van der Waals surface area contributed by atoms with Crippen molar-refractivity contribution in [2.45, 2.75) is 243 Å². The van der Waals surface area contributed by atoms with Gasteiger partial charge in [0.05, 0.1) is 23.6 Å². The van der Waals surface area contributed by atoms with Crippen LogP contribution in [0.4, 0.5) is 13.2 Å². The predicted molar refractivity (Wildman–Crippen MR) is 367 cm³/mol. The Bertz CT molecular complexity index is 3040. The largest absolute Gasteiger partial charge is 0.417 e. The van der Waals surface area contributed by atoms with Gasteiger partial charge in [-0.1, -0.05) is 104 Å². The molecule has 24 nitrogen and oxygen atoms in total. The van der Waals surface area contributed by atoms with Crippen LogP contribution < -0.4 is 16.0 Å². The SMILES string of the molecule is CCCC[C@H]1C(=O)N[C@@H]([C@@H](C)CC)C(=O)N(C)[C@@H](C)C(=O)N2CC[C@H]2C(=O)N(C)[C@@H](CC2CCCCC2)C(=O)N(C)CC(=O)N[C@@H](CCc2ccc(C(F)(F)F)c(Cl)c2)C(=O)N2CCC[C@H]2C(=O)NCCCCC(=O)N(C)[C@@H](C(C)C)C(=O)N(C)[C@H](C(=O)N2CCCCC2)CC(=O)N1C. The molecule has 0 spiro atoms. The van der Waals surface area contributed by atoms with Gasteiger partial charge in [-0.25, -0.2) is 0 Å². The molecule has 4 aliphatic heterocycles. The van der Waals surface area contributed by atoms with Crippen LogP contribution in [-0.4, -0.2) is 251 Å². The molecule has 0 bridgehead atoms. The Balaban J connectivity index is 1.34. The van der Waals surface area contributed by atoms with Gasteiger partial charge in [0, 0.05) is 81.4 Å². The summed E-state index contributed by atoms with van der Waals surface area (Å²) >= 11 is 6.11. The second kappa shape index (κ2) is 37.0. The van der Waals surface area contributed by atoms with Crippen molar-refractivity contribution in [2.75, 3.05) is 81.6 Å². The number of likely N-dealkylation sites (tertiary alicyclic amines) is 1. The molecule has 4 heterocycles. The second-order valence-corrected chi connectivity index (χ2v) is 29.0. The van der Waals surface area contributed by atoms with Crippen LogP contribution in [0.1, 0.15) is 188 Å². The normalized spacial score (nSPS) is 27.1. The molecule has 0 unspecified atom stereocenters. The number of nitrogens with zero attached hydrogens (tertiary/aromatic N) is 9. The molecule has 0 aromatic heterocycles. The number of aryl methyl sites for hydroxylation is 1. The van der Waals surface area contributed by atoms with Crippen LogP contribution in [0.5, 0.6) is 0 Å². The summed E-state index contributed by atoms with van der Waals surface area (Å²) in [5.41, 5.74) is -0.728. The van der Waals surface area contributed by atoms with Gasteiger partial charge in [-0.05, 0) is 119 Å². The van der Waals surface area contributed by atoms with Crippen LogP contribution in [0.15, 0.2) is 18.2 Å². The molecule has 28 heteroatoms. The Morgan fingerprint density at radius 2 is 1.28 bits per heavy atom. The number of fused-ring (bicyclic) bond motifs is 2. The summed E-state index contributed by atoms with van der Waals surface area (Å²) in [5, 5.41) is 8.01. The first-order chi connectivity index (χ1) is 46.7. The van der Waals surface area contributed by atoms with Crippen molar-refractivity contribution in [3.05, 3.63) is 34.3 Å². The molecule has 0 radical (unpaired) electrons. The number of alkyl halides is 3. The minimum absolute atomic E-state index is 0.0341. The average Bonchev–Trinajstić information content (AvgIpc) is 1.25. The first kappa shape index (κ1) is 80.9. The Morgan fingerprint density at radius 1 is 0.626 bits per heavy atom. The average molecular weight is 1420 g/mol. The van der Waals surface area contributed by atoms with Gasteiger partial charge in [0.2, 0.25) is 70.9 Å². The Hall–Kier alpha value is -7.06. The highest BCUT2D eigenvalue weighted by Gasteiger charge is 2.47. The molecule has 1 aromatic rings. The summed E-state index contributed by atoms with van der Waals surface area (Å²) in [4.78, 5) is 188. The monoisotopic (exact) mass is 1410 g/mol. The Morgan fingerprint density at radius 3 is 1.89 bits per heavy atom. The molecule has 1 saturated carbocycles. The number of amides is 12. The highest BCUT2D eigenvalue weighted by Crippen LogP contribution is 2.36. The molecule has 12 amide bonds. The van der Waals surface area contributed by atoms with E-state index in [-0.39, 0.29) is 76.9 Å². The van der Waals surface area contributed by atoms with E-state index in [0.717, 1.165) is 55.6 Å². The topological polar surface area (TPSA) is 270 Å². The molecular weight excluding hydrogens is 1310 g/mol. The zero-order valence-corrected chi connectivity index (χ0v) is 61.2. The third-order valence-electron chi connectivity index (χ3n) is 21.3. The van der Waals surface area contributed by atoms with Crippen LogP contribution >= 0.6 is 11.6 Å². The molecule has 1 aliphatic carbocycles. The van der Waals surface area contributed by atoms with Crippen molar-refractivity contribution in [1.29, 1.82) is 0 Å². The highest BCUT2D eigenvalue weighted by molar-refractivity contribution is 6.31. The number of piperidine rings is 1. The van der Waals surface area contributed by atoms with Crippen LogP contribution in [0, 0.1) is 17.8 Å². The lowest BCUT2D eigenvalue weighted by molar-refractivity contribution is -0.160. The summed E-state index contributed by atoms with van der Waals surface area (Å²) in [5.74, 6) is -7.85. The van der Waals surface area contributed by atoms with E-state index in [1.165, 1.54) is 89.6 Å². The number of carbonyl (C=O) groups excluding carboxylic acids is 12. The van der Waals surface area contributed by atoms with E-state index in [2.05, 4.69) is 16.0 Å². The Labute approximate surface area is 587 Å². The smallest absolute Gasteiger partial charge is 0.354 e. The van der Waals surface area contributed by atoms with E-state index in [1.807, 2.05) is 13.8 Å². The number of halogens is 4. The summed E-state index contributed by atoms with van der Waals surface area (Å²) in [6.45, 7) is 11.2. The molecule has 3 N–H and O–H groups in total. The van der Waals surface area contributed by atoms with Crippen LogP contribution in [-0.2, 0) is 70.1 Å². The molecule has 5 fully saturated rings. The van der Waals surface area contributed by atoms with Gasteiger partial charge in [-0.15, -0.1) is 0 Å². The number of hydrogen-bond acceptors (Lipinski definition) is 12. The van der Waals surface area contributed by atoms with Crippen LogP contribution in [0.2, 0.25) is 5.02 Å². The summed E-state index contributed by atoms with van der Waals surface area (Å²) in [7, 11) is 8.71.